The van der Waals surface area contributed by atoms with Gasteiger partial charge in [-0.1, -0.05) is 31.2 Å². The van der Waals surface area contributed by atoms with Crippen molar-refractivity contribution in [3.63, 3.8) is 0 Å². The van der Waals surface area contributed by atoms with Crippen LogP contribution in [0, 0.1) is 5.92 Å². The molecule has 2 heterocycles. The molecule has 1 amide bonds. The van der Waals surface area contributed by atoms with E-state index in [0.29, 0.717) is 23.5 Å². The van der Waals surface area contributed by atoms with E-state index in [1.165, 1.54) is 11.8 Å². The fraction of sp³-hybridized carbons (Fsp3) is 0.375. The fourth-order valence-corrected chi connectivity index (χ4v) is 4.49. The zero-order valence-electron chi connectivity index (χ0n) is 17.1. The molecule has 0 radical (unpaired) electrons. The van der Waals surface area contributed by atoms with Gasteiger partial charge in [0.2, 0.25) is 5.91 Å². The number of hydrogen-bond acceptors (Lipinski definition) is 5. The molecule has 6 nitrogen and oxygen atoms in total. The Kier molecular flexibility index (Phi) is 5.57. The van der Waals surface area contributed by atoms with Crippen LogP contribution in [-0.4, -0.2) is 24.3 Å². The lowest BCUT2D eigenvalue weighted by Crippen LogP contribution is -2.44. The molecule has 3 atom stereocenters. The number of benzene rings is 1. The highest BCUT2D eigenvalue weighted by Gasteiger charge is 2.48. The quantitative estimate of drug-likeness (QED) is 0.604. The number of Topliss-reactive ketones (excluding diaryl/α,β-unsaturated/α-hetero) is 1. The molecular weight excluding hydrogens is 382 g/mol. The van der Waals surface area contributed by atoms with Gasteiger partial charge in [0.05, 0.1) is 12.9 Å². The molecule has 0 saturated heterocycles. The first kappa shape index (κ1) is 20.1. The highest BCUT2D eigenvalue weighted by atomic mass is 16.5. The third-order valence-corrected chi connectivity index (χ3v) is 5.97. The molecular formula is C24H25NO5. The number of rotatable bonds is 5. The lowest BCUT2D eigenvalue weighted by Gasteiger charge is -2.37. The zero-order chi connectivity index (χ0) is 21.3. The number of carbonyl (C=O) groups excluding carboxylic acids is 3. The minimum atomic E-state index is -0.984. The van der Waals surface area contributed by atoms with Crippen LogP contribution in [0.3, 0.4) is 0 Å². The van der Waals surface area contributed by atoms with Crippen molar-refractivity contribution in [2.75, 3.05) is 6.61 Å². The van der Waals surface area contributed by atoms with Gasteiger partial charge >= 0.3 is 5.97 Å². The molecule has 30 heavy (non-hydrogen) atoms. The van der Waals surface area contributed by atoms with Crippen molar-refractivity contribution in [2.24, 2.45) is 5.92 Å². The lowest BCUT2D eigenvalue weighted by molar-refractivity contribution is -0.152. The Morgan fingerprint density at radius 2 is 1.90 bits per heavy atom. The Morgan fingerprint density at radius 3 is 2.53 bits per heavy atom. The number of aryl methyl sites for hydroxylation is 1. The van der Waals surface area contributed by atoms with Crippen LogP contribution in [0.5, 0.6) is 0 Å². The third-order valence-electron chi connectivity index (χ3n) is 5.97. The molecule has 2 aliphatic rings. The summed E-state index contributed by atoms with van der Waals surface area (Å²) >= 11 is 0. The molecule has 0 unspecified atom stereocenters. The van der Waals surface area contributed by atoms with Crippen LogP contribution in [-0.2, 0) is 25.5 Å². The van der Waals surface area contributed by atoms with Gasteiger partial charge in [0, 0.05) is 29.5 Å². The maximum absolute atomic E-state index is 13.6. The topological polar surface area (TPSA) is 85.6 Å². The van der Waals surface area contributed by atoms with Crippen molar-refractivity contribution in [2.45, 2.75) is 44.9 Å². The largest absolute Gasteiger partial charge is 0.469 e. The summed E-state index contributed by atoms with van der Waals surface area (Å²) in [6.45, 7) is 3.99. The molecule has 1 aromatic carbocycles. The van der Waals surface area contributed by atoms with Crippen LogP contribution < -0.4 is 5.32 Å². The van der Waals surface area contributed by atoms with Gasteiger partial charge in [-0.2, -0.15) is 0 Å². The van der Waals surface area contributed by atoms with Gasteiger partial charge in [-0.3, -0.25) is 14.4 Å². The van der Waals surface area contributed by atoms with Crippen molar-refractivity contribution in [3.05, 3.63) is 70.8 Å². The summed E-state index contributed by atoms with van der Waals surface area (Å²) in [5.41, 5.74) is 3.19. The second kappa shape index (κ2) is 8.30. The van der Waals surface area contributed by atoms with E-state index in [1.54, 1.807) is 19.1 Å². The van der Waals surface area contributed by atoms with Gasteiger partial charge in [-0.15, -0.1) is 0 Å². The van der Waals surface area contributed by atoms with Crippen LogP contribution in [0.2, 0.25) is 0 Å². The molecule has 0 fully saturated rings. The number of amides is 1. The predicted molar refractivity (Wildman–Crippen MR) is 110 cm³/mol. The second-order valence-corrected chi connectivity index (χ2v) is 7.71. The van der Waals surface area contributed by atoms with Crippen molar-refractivity contribution in [1.29, 1.82) is 0 Å². The first-order valence-electron chi connectivity index (χ1n) is 10.4. The van der Waals surface area contributed by atoms with Crippen molar-refractivity contribution < 1.29 is 23.5 Å². The highest BCUT2D eigenvalue weighted by Crippen LogP contribution is 2.45. The summed E-state index contributed by atoms with van der Waals surface area (Å²) in [5.74, 6) is -2.29. The molecule has 1 aromatic heterocycles. The molecule has 1 N–H and O–H groups in total. The number of ketones is 1. The fourth-order valence-electron chi connectivity index (χ4n) is 4.49. The van der Waals surface area contributed by atoms with Gasteiger partial charge in [0.15, 0.2) is 5.78 Å². The van der Waals surface area contributed by atoms with Crippen LogP contribution in [0.1, 0.15) is 55.4 Å². The summed E-state index contributed by atoms with van der Waals surface area (Å²) in [4.78, 5) is 38.9. The van der Waals surface area contributed by atoms with Gasteiger partial charge in [0.25, 0.3) is 0 Å². The molecule has 2 aromatic rings. The van der Waals surface area contributed by atoms with E-state index in [-0.39, 0.29) is 30.6 Å². The van der Waals surface area contributed by atoms with Gasteiger partial charge in [-0.25, -0.2) is 0 Å². The highest BCUT2D eigenvalue weighted by molar-refractivity contribution is 6.12. The molecule has 0 bridgehead atoms. The van der Waals surface area contributed by atoms with Crippen molar-refractivity contribution >= 4 is 17.7 Å². The first-order chi connectivity index (χ1) is 14.5. The molecule has 4 rings (SSSR count). The van der Waals surface area contributed by atoms with E-state index in [9.17, 15) is 14.4 Å². The Balaban J connectivity index is 1.78. The van der Waals surface area contributed by atoms with Gasteiger partial charge in [-0.05, 0) is 43.0 Å². The summed E-state index contributed by atoms with van der Waals surface area (Å²) in [5, 5.41) is 2.88. The average molecular weight is 407 g/mol. The Hall–Kier alpha value is -3.15. The summed E-state index contributed by atoms with van der Waals surface area (Å²) in [6, 6.07) is 11.5. The second-order valence-electron chi connectivity index (χ2n) is 7.71. The van der Waals surface area contributed by atoms with E-state index in [4.69, 9.17) is 9.15 Å². The SMILES string of the molecule is CCOC(=O)[C@@H]1C(=O)C2=C(C[C@@H]1c1ccco1)NC(=O)C[C@@H]2c1ccc(CC)cc1. The number of furan rings is 1. The molecule has 6 heteroatoms. The zero-order valence-corrected chi connectivity index (χ0v) is 17.1. The van der Waals surface area contributed by atoms with Crippen LogP contribution in [0.25, 0.3) is 0 Å². The minimum Gasteiger partial charge on any atom is -0.469 e. The van der Waals surface area contributed by atoms with E-state index in [2.05, 4.69) is 12.2 Å². The molecule has 156 valence electrons. The maximum atomic E-state index is 13.6. The van der Waals surface area contributed by atoms with Crippen LogP contribution >= 0.6 is 0 Å². The van der Waals surface area contributed by atoms with Crippen molar-refractivity contribution in [3.8, 4) is 0 Å². The molecule has 0 spiro atoms. The Morgan fingerprint density at radius 1 is 1.13 bits per heavy atom. The van der Waals surface area contributed by atoms with Crippen molar-refractivity contribution in [1.82, 2.24) is 5.32 Å². The number of esters is 1. The smallest absolute Gasteiger partial charge is 0.317 e. The monoisotopic (exact) mass is 407 g/mol. The van der Waals surface area contributed by atoms with E-state index < -0.39 is 17.8 Å². The van der Waals surface area contributed by atoms with Gasteiger partial charge in [0.1, 0.15) is 11.7 Å². The third kappa shape index (κ3) is 3.58. The minimum absolute atomic E-state index is 0.126. The number of carbonyl (C=O) groups is 3. The normalized spacial score (nSPS) is 23.7. The number of allylic oxidation sites excluding steroid dienone is 2. The number of nitrogens with one attached hydrogen (secondary N) is 1. The molecule has 1 aliphatic carbocycles. The van der Waals surface area contributed by atoms with Crippen LogP contribution in [0.15, 0.2) is 58.3 Å². The summed E-state index contributed by atoms with van der Waals surface area (Å²) < 4.78 is 10.8. The summed E-state index contributed by atoms with van der Waals surface area (Å²) in [7, 11) is 0. The van der Waals surface area contributed by atoms with Gasteiger partial charge < -0.3 is 14.5 Å². The van der Waals surface area contributed by atoms with E-state index in [1.807, 2.05) is 24.3 Å². The molecule has 1 aliphatic heterocycles. The number of hydrogen-bond donors (Lipinski definition) is 1. The van der Waals surface area contributed by atoms with Crippen LogP contribution in [0.4, 0.5) is 0 Å². The Bertz CT molecular complexity index is 987. The Labute approximate surface area is 175 Å². The average Bonchev–Trinajstić information content (AvgIpc) is 3.27. The maximum Gasteiger partial charge on any atom is 0.317 e. The van der Waals surface area contributed by atoms with E-state index >= 15 is 0 Å². The lowest BCUT2D eigenvalue weighted by atomic mass is 9.69. The number of ether oxygens (including phenoxy) is 1. The van der Waals surface area contributed by atoms with E-state index in [0.717, 1.165) is 12.0 Å². The first-order valence-corrected chi connectivity index (χ1v) is 10.4. The standard InChI is InChI=1S/C24H25NO5/c1-3-14-7-9-15(10-8-14)16-13-20(26)25-18-12-17(19-6-5-11-30-19)22(23(27)21(16)18)24(28)29-4-2/h5-11,16-17,22H,3-4,12-13H2,1-2H3,(H,25,26)/t16-,17-,22+/m1/s1. The molecule has 0 saturated carbocycles. The predicted octanol–water partition coefficient (Wildman–Crippen LogP) is 3.64. The summed E-state index contributed by atoms with van der Waals surface area (Å²) in [6.07, 6.45) is 2.95.